The summed E-state index contributed by atoms with van der Waals surface area (Å²) in [6.45, 7) is 8.12. The molecule has 0 saturated carbocycles. The van der Waals surface area contributed by atoms with Crippen LogP contribution < -0.4 is 4.90 Å². The van der Waals surface area contributed by atoms with Crippen molar-refractivity contribution in [2.45, 2.75) is 19.6 Å². The highest BCUT2D eigenvalue weighted by molar-refractivity contribution is 7.19. The Morgan fingerprint density at radius 3 is 2.75 bits per heavy atom. The average Bonchev–Trinajstić information content (AvgIpc) is 3.55. The third kappa shape index (κ3) is 4.43. The molecule has 5 heterocycles. The quantitative estimate of drug-likeness (QED) is 0.423. The van der Waals surface area contributed by atoms with Crippen molar-refractivity contribution < 1.29 is 14.6 Å². The largest absolute Gasteiger partial charge is 0.384 e. The molecule has 2 N–H and O–H groups in total. The van der Waals surface area contributed by atoms with E-state index < -0.39 is 6.10 Å². The lowest BCUT2D eigenvalue weighted by Gasteiger charge is -2.35. The molecule has 0 unspecified atom stereocenters. The number of carbonyl (C=O) groups is 1. The molecule has 4 aromatic rings. The number of anilines is 1. The molecule has 11 heteroatoms. The summed E-state index contributed by atoms with van der Waals surface area (Å²) >= 11 is 1.74. The molecule has 0 aliphatic carbocycles. The van der Waals surface area contributed by atoms with Crippen molar-refractivity contribution in [2.24, 2.45) is 0 Å². The van der Waals surface area contributed by atoms with Crippen LogP contribution in [0.15, 0.2) is 30.5 Å². The third-order valence-electron chi connectivity index (χ3n) is 6.86. The van der Waals surface area contributed by atoms with Crippen molar-refractivity contribution >= 4 is 44.2 Å². The number of benzene rings is 1. The first kappa shape index (κ1) is 23.3. The van der Waals surface area contributed by atoms with E-state index in [-0.39, 0.29) is 5.91 Å². The van der Waals surface area contributed by atoms with Crippen LogP contribution in [0.2, 0.25) is 0 Å². The highest BCUT2D eigenvalue weighted by atomic mass is 32.1. The Bertz CT molecular complexity index is 1390. The minimum atomic E-state index is -0.946. The van der Waals surface area contributed by atoms with Gasteiger partial charge in [0, 0.05) is 61.6 Å². The van der Waals surface area contributed by atoms with Crippen LogP contribution in [0.25, 0.3) is 32.5 Å². The average molecular weight is 508 g/mol. The van der Waals surface area contributed by atoms with Gasteiger partial charge in [-0.3, -0.25) is 14.8 Å². The number of aromatic nitrogens is 4. The summed E-state index contributed by atoms with van der Waals surface area (Å²) in [5.74, 6) is 1.47. The molecule has 1 amide bonds. The first-order valence-corrected chi connectivity index (χ1v) is 13.1. The van der Waals surface area contributed by atoms with Crippen LogP contribution >= 0.6 is 11.3 Å². The van der Waals surface area contributed by atoms with Gasteiger partial charge in [-0.2, -0.15) is 5.10 Å². The Hall–Kier alpha value is -3.12. The molecule has 6 rings (SSSR count). The molecular formula is C25H29N7O3S. The molecule has 36 heavy (non-hydrogen) atoms. The molecule has 0 bridgehead atoms. The molecule has 2 saturated heterocycles. The summed E-state index contributed by atoms with van der Waals surface area (Å²) in [5.41, 5.74) is 2.87. The van der Waals surface area contributed by atoms with Gasteiger partial charge in [-0.25, -0.2) is 9.97 Å². The van der Waals surface area contributed by atoms with Crippen molar-refractivity contribution in [1.82, 2.24) is 30.0 Å². The monoisotopic (exact) mass is 507 g/mol. The summed E-state index contributed by atoms with van der Waals surface area (Å²) in [7, 11) is 0. The van der Waals surface area contributed by atoms with Crippen molar-refractivity contribution in [1.29, 1.82) is 0 Å². The standard InChI is InChI=1S/C25H29N7O3S/c1-16(33)25(34)32-7-5-30(6-8-32)15-17-13-21-22(36-17)24(31-9-11-35-12-10-31)28-23(27-21)18-3-2-4-20-19(18)14-26-29-20/h2-4,13-14,16,33H,5-12,15H2,1H3,(H,26,29)/t16-/m0/s1. The highest BCUT2D eigenvalue weighted by Crippen LogP contribution is 2.36. The lowest BCUT2D eigenvalue weighted by molar-refractivity contribution is -0.141. The molecule has 0 radical (unpaired) electrons. The van der Waals surface area contributed by atoms with Gasteiger partial charge in [-0.05, 0) is 19.1 Å². The Morgan fingerprint density at radius 1 is 1.17 bits per heavy atom. The van der Waals surface area contributed by atoms with Crippen LogP contribution in [-0.4, -0.2) is 99.6 Å². The number of fused-ring (bicyclic) bond motifs is 2. The first-order valence-electron chi connectivity index (χ1n) is 12.3. The Kier molecular flexibility index (Phi) is 6.30. The van der Waals surface area contributed by atoms with Crippen LogP contribution in [0, 0.1) is 0 Å². The fraction of sp³-hybridized carbons (Fsp3) is 0.440. The maximum Gasteiger partial charge on any atom is 0.251 e. The molecule has 1 aromatic carbocycles. The summed E-state index contributed by atoms with van der Waals surface area (Å²) < 4.78 is 6.69. The molecule has 2 aliphatic heterocycles. The van der Waals surface area contributed by atoms with Gasteiger partial charge in [0.15, 0.2) is 11.6 Å². The number of hydrogen-bond donors (Lipinski definition) is 2. The molecule has 0 spiro atoms. The number of ether oxygens (including phenoxy) is 1. The number of thiophene rings is 1. The number of morpholine rings is 1. The number of aromatic amines is 1. The van der Waals surface area contributed by atoms with Crippen LogP contribution in [0.4, 0.5) is 5.82 Å². The van der Waals surface area contributed by atoms with Gasteiger partial charge in [-0.1, -0.05) is 12.1 Å². The number of rotatable bonds is 5. The van der Waals surface area contributed by atoms with Crippen LogP contribution in [-0.2, 0) is 16.1 Å². The topological polar surface area (TPSA) is 111 Å². The number of H-pyrrole nitrogens is 1. The maximum atomic E-state index is 12.1. The minimum Gasteiger partial charge on any atom is -0.384 e. The lowest BCUT2D eigenvalue weighted by atomic mass is 10.1. The van der Waals surface area contributed by atoms with E-state index in [1.807, 2.05) is 24.4 Å². The maximum absolute atomic E-state index is 12.1. The van der Waals surface area contributed by atoms with Gasteiger partial charge in [0.2, 0.25) is 0 Å². The number of amides is 1. The van der Waals surface area contributed by atoms with E-state index in [0.29, 0.717) is 32.1 Å². The van der Waals surface area contributed by atoms with E-state index in [1.165, 1.54) is 11.8 Å². The van der Waals surface area contributed by atoms with Gasteiger partial charge in [0.1, 0.15) is 6.10 Å². The van der Waals surface area contributed by atoms with Crippen LogP contribution in [0.3, 0.4) is 0 Å². The minimum absolute atomic E-state index is 0.192. The zero-order valence-corrected chi connectivity index (χ0v) is 21.0. The summed E-state index contributed by atoms with van der Waals surface area (Å²) in [4.78, 5) is 29.8. The number of aliphatic hydroxyl groups is 1. The number of aliphatic hydroxyl groups excluding tert-OH is 1. The summed E-state index contributed by atoms with van der Waals surface area (Å²) in [6.07, 6.45) is 0.881. The Labute approximate surface area is 212 Å². The van der Waals surface area contributed by atoms with E-state index in [0.717, 1.165) is 65.2 Å². The molecule has 188 valence electrons. The molecular weight excluding hydrogens is 478 g/mol. The van der Waals surface area contributed by atoms with Crippen molar-refractivity contribution in [3.63, 3.8) is 0 Å². The number of nitrogens with zero attached hydrogens (tertiary/aromatic N) is 6. The first-order chi connectivity index (χ1) is 17.6. The van der Waals surface area contributed by atoms with Crippen molar-refractivity contribution in [3.8, 4) is 11.4 Å². The van der Waals surface area contributed by atoms with E-state index in [4.69, 9.17) is 14.7 Å². The van der Waals surface area contributed by atoms with E-state index >= 15 is 0 Å². The number of nitrogens with one attached hydrogen (secondary N) is 1. The van der Waals surface area contributed by atoms with Gasteiger partial charge < -0.3 is 19.6 Å². The fourth-order valence-electron chi connectivity index (χ4n) is 4.93. The molecule has 2 fully saturated rings. The molecule has 2 aliphatic rings. The van der Waals surface area contributed by atoms with E-state index in [1.54, 1.807) is 16.2 Å². The predicted molar refractivity (Wildman–Crippen MR) is 139 cm³/mol. The van der Waals surface area contributed by atoms with Crippen molar-refractivity contribution in [3.05, 3.63) is 35.3 Å². The van der Waals surface area contributed by atoms with E-state index in [2.05, 4.69) is 26.1 Å². The van der Waals surface area contributed by atoms with Crippen LogP contribution in [0.1, 0.15) is 11.8 Å². The summed E-state index contributed by atoms with van der Waals surface area (Å²) in [5, 5.41) is 17.9. The SMILES string of the molecule is C[C@H](O)C(=O)N1CCN(Cc2cc3nc(-c4cccc5[nH]ncc45)nc(N4CCOCC4)c3s2)CC1. The molecule has 1 atom stereocenters. The number of hydrogen-bond acceptors (Lipinski definition) is 9. The molecule has 3 aromatic heterocycles. The van der Waals surface area contributed by atoms with E-state index in [9.17, 15) is 9.90 Å². The molecule has 10 nitrogen and oxygen atoms in total. The van der Waals surface area contributed by atoms with Crippen molar-refractivity contribution in [2.75, 3.05) is 57.4 Å². The second-order valence-electron chi connectivity index (χ2n) is 9.31. The second kappa shape index (κ2) is 9.74. The van der Waals surface area contributed by atoms with Gasteiger partial charge >= 0.3 is 0 Å². The second-order valence-corrected chi connectivity index (χ2v) is 10.4. The van der Waals surface area contributed by atoms with Gasteiger partial charge in [-0.15, -0.1) is 11.3 Å². The third-order valence-corrected chi connectivity index (χ3v) is 7.97. The van der Waals surface area contributed by atoms with Gasteiger partial charge in [0.25, 0.3) is 5.91 Å². The predicted octanol–water partition coefficient (Wildman–Crippen LogP) is 2.10. The number of carbonyl (C=O) groups excluding carboxylic acids is 1. The normalized spacial score (nSPS) is 18.3. The smallest absolute Gasteiger partial charge is 0.251 e. The zero-order valence-electron chi connectivity index (χ0n) is 20.2. The fourth-order valence-corrected chi connectivity index (χ4v) is 6.08. The zero-order chi connectivity index (χ0) is 24.6. The number of piperazine rings is 1. The Morgan fingerprint density at radius 2 is 1.97 bits per heavy atom. The van der Waals surface area contributed by atoms with Crippen LogP contribution in [0.5, 0.6) is 0 Å². The lowest BCUT2D eigenvalue weighted by Crippen LogP contribution is -2.50. The Balaban J connectivity index is 1.32. The summed E-state index contributed by atoms with van der Waals surface area (Å²) in [6, 6.07) is 8.23. The highest BCUT2D eigenvalue weighted by Gasteiger charge is 2.25. The van der Waals surface area contributed by atoms with Gasteiger partial charge in [0.05, 0.1) is 35.1 Å².